The predicted molar refractivity (Wildman–Crippen MR) is 90.8 cm³/mol. The Balaban J connectivity index is 2.24. The van der Waals surface area contributed by atoms with E-state index in [1.165, 1.54) is 6.92 Å². The summed E-state index contributed by atoms with van der Waals surface area (Å²) in [6, 6.07) is 9.81. The number of ketones is 1. The number of allylic oxidation sites excluding steroid dienone is 2. The summed E-state index contributed by atoms with van der Waals surface area (Å²) in [6.07, 6.45) is 6.95. The van der Waals surface area contributed by atoms with Crippen molar-refractivity contribution in [2.45, 2.75) is 12.5 Å². The van der Waals surface area contributed by atoms with Gasteiger partial charge in [0.2, 0.25) is 5.91 Å². The van der Waals surface area contributed by atoms with E-state index in [1.54, 1.807) is 17.1 Å². The Labute approximate surface area is 137 Å². The molecule has 106 valence electrons. The maximum atomic E-state index is 12.7. The average molecular weight is 391 g/mol. The zero-order chi connectivity index (χ0) is 15.0. The van der Waals surface area contributed by atoms with Crippen LogP contribution in [0.3, 0.4) is 0 Å². The van der Waals surface area contributed by atoms with Crippen molar-refractivity contribution in [3.05, 3.63) is 63.8 Å². The van der Waals surface area contributed by atoms with E-state index in [1.807, 2.05) is 42.5 Å². The smallest absolute Gasteiger partial charge is 0.221 e. The van der Waals surface area contributed by atoms with Gasteiger partial charge in [-0.3, -0.25) is 9.59 Å². The van der Waals surface area contributed by atoms with Crippen molar-refractivity contribution in [2.24, 2.45) is 0 Å². The van der Waals surface area contributed by atoms with Crippen LogP contribution in [0.2, 0.25) is 0 Å². The predicted octanol–water partition coefficient (Wildman–Crippen LogP) is 3.13. The SMILES string of the molecule is CC(=O)N1CC(I)=C(c2ccccc2)C12C=CC=CC2=O. The summed E-state index contributed by atoms with van der Waals surface area (Å²) in [4.78, 5) is 26.4. The van der Waals surface area contributed by atoms with E-state index >= 15 is 0 Å². The van der Waals surface area contributed by atoms with Crippen molar-refractivity contribution in [3.63, 3.8) is 0 Å². The Bertz CT molecular complexity index is 703. The minimum Gasteiger partial charge on any atom is -0.317 e. The van der Waals surface area contributed by atoms with E-state index in [0.717, 1.165) is 14.7 Å². The molecule has 0 N–H and O–H groups in total. The number of amides is 1. The molecule has 1 spiro atoms. The van der Waals surface area contributed by atoms with Gasteiger partial charge in [-0.05, 0) is 40.3 Å². The van der Waals surface area contributed by atoms with Crippen LogP contribution in [0.5, 0.6) is 0 Å². The number of hydrogen-bond donors (Lipinski definition) is 0. The van der Waals surface area contributed by atoms with Gasteiger partial charge in [0.25, 0.3) is 0 Å². The third-order valence-electron chi connectivity index (χ3n) is 3.89. The first-order valence-electron chi connectivity index (χ1n) is 6.70. The van der Waals surface area contributed by atoms with Crippen molar-refractivity contribution < 1.29 is 9.59 Å². The Morgan fingerprint density at radius 3 is 2.57 bits per heavy atom. The second kappa shape index (κ2) is 5.26. The molecule has 1 aliphatic heterocycles. The lowest BCUT2D eigenvalue weighted by Gasteiger charge is -2.37. The van der Waals surface area contributed by atoms with Gasteiger partial charge in [-0.15, -0.1) is 0 Å². The van der Waals surface area contributed by atoms with Gasteiger partial charge in [-0.2, -0.15) is 0 Å². The van der Waals surface area contributed by atoms with Crippen LogP contribution in [-0.4, -0.2) is 28.7 Å². The molecule has 2 aliphatic rings. The van der Waals surface area contributed by atoms with Gasteiger partial charge >= 0.3 is 0 Å². The summed E-state index contributed by atoms with van der Waals surface area (Å²) < 4.78 is 1.03. The molecule has 0 saturated carbocycles. The van der Waals surface area contributed by atoms with E-state index in [2.05, 4.69) is 22.6 Å². The van der Waals surface area contributed by atoms with E-state index in [9.17, 15) is 9.59 Å². The minimum atomic E-state index is -0.988. The van der Waals surface area contributed by atoms with Crippen molar-refractivity contribution in [3.8, 4) is 0 Å². The van der Waals surface area contributed by atoms with Gasteiger partial charge in [-0.25, -0.2) is 0 Å². The Kier molecular flexibility index (Phi) is 3.57. The first-order chi connectivity index (χ1) is 10.1. The van der Waals surface area contributed by atoms with Crippen molar-refractivity contribution in [1.82, 2.24) is 4.90 Å². The Morgan fingerprint density at radius 1 is 1.24 bits per heavy atom. The molecule has 4 heteroatoms. The molecule has 0 aromatic heterocycles. The lowest BCUT2D eigenvalue weighted by molar-refractivity contribution is -0.136. The van der Waals surface area contributed by atoms with Crippen LogP contribution >= 0.6 is 22.6 Å². The monoisotopic (exact) mass is 391 g/mol. The van der Waals surface area contributed by atoms with E-state index in [0.29, 0.717) is 6.54 Å². The molecule has 0 radical (unpaired) electrons. The molecular weight excluding hydrogens is 377 g/mol. The molecule has 1 aliphatic carbocycles. The summed E-state index contributed by atoms with van der Waals surface area (Å²) in [7, 11) is 0. The average Bonchev–Trinajstić information content (AvgIpc) is 2.77. The molecule has 0 saturated heterocycles. The number of benzene rings is 1. The topological polar surface area (TPSA) is 37.4 Å². The first kappa shape index (κ1) is 14.3. The molecule has 1 heterocycles. The third kappa shape index (κ3) is 2.09. The van der Waals surface area contributed by atoms with Crippen LogP contribution in [0, 0.1) is 0 Å². The number of carbonyl (C=O) groups excluding carboxylic acids is 2. The van der Waals surface area contributed by atoms with Crippen LogP contribution in [0.15, 0.2) is 58.2 Å². The van der Waals surface area contributed by atoms with Crippen molar-refractivity contribution >= 4 is 39.9 Å². The summed E-state index contributed by atoms with van der Waals surface area (Å²) in [5.74, 6) is -0.158. The van der Waals surface area contributed by atoms with Gasteiger partial charge in [0.15, 0.2) is 11.3 Å². The highest BCUT2D eigenvalue weighted by Crippen LogP contribution is 2.46. The number of halogens is 1. The molecule has 1 atom stereocenters. The summed E-state index contributed by atoms with van der Waals surface area (Å²) in [5.41, 5.74) is 0.918. The fourth-order valence-electron chi connectivity index (χ4n) is 3.00. The molecule has 21 heavy (non-hydrogen) atoms. The largest absolute Gasteiger partial charge is 0.317 e. The van der Waals surface area contributed by atoms with E-state index in [-0.39, 0.29) is 11.7 Å². The number of nitrogens with zero attached hydrogens (tertiary/aromatic N) is 1. The van der Waals surface area contributed by atoms with Gasteiger partial charge < -0.3 is 4.90 Å². The molecule has 1 aromatic rings. The summed E-state index contributed by atoms with van der Waals surface area (Å²) in [6.45, 7) is 1.99. The molecule has 0 bridgehead atoms. The van der Waals surface area contributed by atoms with Crippen molar-refractivity contribution in [2.75, 3.05) is 6.54 Å². The standard InChI is InChI=1S/C17H14INO2/c1-12(20)19-11-14(18)16(13-7-3-2-4-8-13)17(19)10-6-5-9-15(17)21/h2-10H,11H2,1H3. The number of carbonyl (C=O) groups is 2. The zero-order valence-electron chi connectivity index (χ0n) is 11.5. The highest BCUT2D eigenvalue weighted by molar-refractivity contribution is 14.1. The highest BCUT2D eigenvalue weighted by atomic mass is 127. The second-order valence-electron chi connectivity index (χ2n) is 5.10. The molecule has 3 rings (SSSR count). The molecule has 1 unspecified atom stereocenters. The first-order valence-corrected chi connectivity index (χ1v) is 7.78. The summed E-state index contributed by atoms with van der Waals surface area (Å²) >= 11 is 2.24. The molecule has 3 nitrogen and oxygen atoms in total. The Hall–Kier alpha value is -1.69. The van der Waals surface area contributed by atoms with Crippen LogP contribution in [0.1, 0.15) is 12.5 Å². The van der Waals surface area contributed by atoms with E-state index in [4.69, 9.17) is 0 Å². The maximum Gasteiger partial charge on any atom is 0.221 e. The van der Waals surface area contributed by atoms with E-state index < -0.39 is 5.54 Å². The number of rotatable bonds is 1. The van der Waals surface area contributed by atoms with Crippen LogP contribution in [0.25, 0.3) is 5.57 Å². The fraction of sp³-hybridized carbons (Fsp3) is 0.176. The lowest BCUT2D eigenvalue weighted by Crippen LogP contribution is -2.52. The van der Waals surface area contributed by atoms with Crippen LogP contribution in [0.4, 0.5) is 0 Å². The fourth-order valence-corrected chi connectivity index (χ4v) is 4.07. The lowest BCUT2D eigenvalue weighted by atomic mass is 9.79. The highest BCUT2D eigenvalue weighted by Gasteiger charge is 2.51. The minimum absolute atomic E-state index is 0.0641. The normalized spacial score (nSPS) is 24.3. The van der Waals surface area contributed by atoms with Crippen molar-refractivity contribution in [1.29, 1.82) is 0 Å². The third-order valence-corrected chi connectivity index (χ3v) is 4.77. The molecular formula is C17H14INO2. The number of hydrogen-bond acceptors (Lipinski definition) is 2. The quantitative estimate of drug-likeness (QED) is 0.690. The van der Waals surface area contributed by atoms with Crippen LogP contribution < -0.4 is 0 Å². The molecule has 0 fully saturated rings. The van der Waals surface area contributed by atoms with Gasteiger partial charge in [-0.1, -0.05) is 42.5 Å². The van der Waals surface area contributed by atoms with Crippen LogP contribution in [-0.2, 0) is 9.59 Å². The molecule has 1 aromatic carbocycles. The summed E-state index contributed by atoms with van der Waals surface area (Å²) in [5, 5.41) is 0. The van der Waals surface area contributed by atoms with Gasteiger partial charge in [0.05, 0.1) is 6.54 Å². The molecule has 1 amide bonds. The van der Waals surface area contributed by atoms with Gasteiger partial charge in [0, 0.05) is 16.1 Å². The second-order valence-corrected chi connectivity index (χ2v) is 6.40. The Morgan fingerprint density at radius 2 is 1.95 bits per heavy atom. The van der Waals surface area contributed by atoms with Gasteiger partial charge in [0.1, 0.15) is 0 Å². The zero-order valence-corrected chi connectivity index (χ0v) is 13.7. The maximum absolute atomic E-state index is 12.7.